The molecule has 0 radical (unpaired) electrons. The molecule has 0 spiro atoms. The zero-order valence-corrected chi connectivity index (χ0v) is 19.3. The maximum absolute atomic E-state index is 13.0. The molecule has 2 aliphatic heterocycles. The molecule has 2 heterocycles. The van der Waals surface area contributed by atoms with Crippen molar-refractivity contribution in [2.24, 2.45) is 11.8 Å². The minimum Gasteiger partial charge on any atom is -0.342 e. The number of halogens is 3. The van der Waals surface area contributed by atoms with Crippen molar-refractivity contribution in [3.8, 4) is 0 Å². The highest BCUT2D eigenvalue weighted by atomic mass is 19.4. The molecule has 6 nitrogen and oxygen atoms in total. The lowest BCUT2D eigenvalue weighted by molar-refractivity contribution is -0.139. The molecule has 0 aromatic heterocycles. The lowest BCUT2D eigenvalue weighted by atomic mass is 9.91. The summed E-state index contributed by atoms with van der Waals surface area (Å²) in [6, 6.07) is 13.5. The highest BCUT2D eigenvalue weighted by Crippen LogP contribution is 2.30. The number of nitrogens with one attached hydrogen (secondary N) is 1. The average Bonchev–Trinajstić information content (AvgIpc) is 2.88. The molecule has 2 aromatic rings. The first kappa shape index (κ1) is 24.8. The van der Waals surface area contributed by atoms with Crippen LogP contribution < -0.4 is 5.32 Å². The largest absolute Gasteiger partial charge is 0.416 e. The fourth-order valence-corrected chi connectivity index (χ4v) is 4.70. The minimum atomic E-state index is -4.44. The number of nitrogens with zero attached hydrogens (tertiary/aromatic N) is 2. The van der Waals surface area contributed by atoms with E-state index in [9.17, 15) is 27.6 Å². The van der Waals surface area contributed by atoms with E-state index in [0.29, 0.717) is 51.9 Å². The Morgan fingerprint density at radius 1 is 0.743 bits per heavy atom. The van der Waals surface area contributed by atoms with Crippen molar-refractivity contribution in [3.05, 3.63) is 65.7 Å². The van der Waals surface area contributed by atoms with Gasteiger partial charge in [-0.15, -0.1) is 0 Å². The van der Waals surface area contributed by atoms with Gasteiger partial charge in [0.05, 0.1) is 5.56 Å². The number of carbonyl (C=O) groups excluding carboxylic acids is 3. The van der Waals surface area contributed by atoms with Gasteiger partial charge < -0.3 is 15.1 Å². The number of carbonyl (C=O) groups is 3. The van der Waals surface area contributed by atoms with Crippen LogP contribution in [0.3, 0.4) is 0 Å². The fraction of sp³-hybridized carbons (Fsp3) is 0.423. The van der Waals surface area contributed by atoms with Gasteiger partial charge in [0.25, 0.3) is 5.91 Å². The van der Waals surface area contributed by atoms with E-state index in [-0.39, 0.29) is 35.1 Å². The van der Waals surface area contributed by atoms with Crippen LogP contribution in [0.4, 0.5) is 18.9 Å². The average molecular weight is 488 g/mol. The number of benzene rings is 2. The van der Waals surface area contributed by atoms with Crippen LogP contribution in [-0.2, 0) is 15.8 Å². The van der Waals surface area contributed by atoms with E-state index in [1.165, 1.54) is 12.1 Å². The molecule has 2 aromatic carbocycles. The number of piperidine rings is 2. The number of para-hydroxylation sites is 1. The zero-order chi connectivity index (χ0) is 25.0. The van der Waals surface area contributed by atoms with Crippen LogP contribution in [-0.4, -0.2) is 53.7 Å². The molecule has 186 valence electrons. The third kappa shape index (κ3) is 6.01. The zero-order valence-electron chi connectivity index (χ0n) is 19.3. The predicted molar refractivity (Wildman–Crippen MR) is 124 cm³/mol. The second-order valence-electron chi connectivity index (χ2n) is 9.10. The van der Waals surface area contributed by atoms with Crippen molar-refractivity contribution in [1.82, 2.24) is 9.80 Å². The Morgan fingerprint density at radius 3 is 1.86 bits per heavy atom. The van der Waals surface area contributed by atoms with E-state index >= 15 is 0 Å². The molecule has 1 N–H and O–H groups in total. The van der Waals surface area contributed by atoms with E-state index in [0.717, 1.165) is 17.8 Å². The second kappa shape index (κ2) is 10.5. The van der Waals surface area contributed by atoms with E-state index in [4.69, 9.17) is 0 Å². The van der Waals surface area contributed by atoms with Crippen molar-refractivity contribution < 1.29 is 27.6 Å². The summed E-state index contributed by atoms with van der Waals surface area (Å²) in [5.74, 6) is -0.634. The third-order valence-electron chi connectivity index (χ3n) is 6.81. The van der Waals surface area contributed by atoms with Gasteiger partial charge in [-0.25, -0.2) is 0 Å². The first-order valence-electron chi connectivity index (χ1n) is 11.8. The second-order valence-corrected chi connectivity index (χ2v) is 9.10. The lowest BCUT2D eigenvalue weighted by Gasteiger charge is -2.37. The number of hydrogen-bond donors (Lipinski definition) is 1. The molecule has 2 fully saturated rings. The summed E-state index contributed by atoms with van der Waals surface area (Å²) >= 11 is 0. The Kier molecular flexibility index (Phi) is 7.42. The molecule has 0 unspecified atom stereocenters. The molecule has 2 saturated heterocycles. The maximum Gasteiger partial charge on any atom is 0.416 e. The quantitative estimate of drug-likeness (QED) is 0.694. The molecule has 4 rings (SSSR count). The summed E-state index contributed by atoms with van der Waals surface area (Å²) in [5, 5.41) is 2.92. The molecule has 0 aliphatic carbocycles. The van der Waals surface area contributed by atoms with Crippen molar-refractivity contribution in [2.45, 2.75) is 31.9 Å². The number of amides is 3. The summed E-state index contributed by atoms with van der Waals surface area (Å²) in [5.41, 5.74) is 0.173. The van der Waals surface area contributed by atoms with Gasteiger partial charge >= 0.3 is 6.18 Å². The fourth-order valence-electron chi connectivity index (χ4n) is 4.70. The van der Waals surface area contributed by atoms with Gasteiger partial charge in [-0.2, -0.15) is 13.2 Å². The molecule has 0 atom stereocenters. The molecular weight excluding hydrogens is 459 g/mol. The van der Waals surface area contributed by atoms with Gasteiger partial charge in [-0.3, -0.25) is 14.4 Å². The Balaban J connectivity index is 1.23. The summed E-state index contributed by atoms with van der Waals surface area (Å²) in [6.45, 7) is 1.81. The highest BCUT2D eigenvalue weighted by Gasteiger charge is 2.34. The smallest absolute Gasteiger partial charge is 0.342 e. The number of likely N-dealkylation sites (tertiary alicyclic amines) is 2. The van der Waals surface area contributed by atoms with Gasteiger partial charge in [-0.05, 0) is 62.1 Å². The first-order valence-corrected chi connectivity index (χ1v) is 11.8. The topological polar surface area (TPSA) is 69.7 Å². The van der Waals surface area contributed by atoms with Crippen molar-refractivity contribution in [2.75, 3.05) is 31.5 Å². The molecule has 0 bridgehead atoms. The lowest BCUT2D eigenvalue weighted by Crippen LogP contribution is -2.47. The summed E-state index contributed by atoms with van der Waals surface area (Å²) in [4.78, 5) is 41.6. The SMILES string of the molecule is O=C(Nc1ccccc1)C1CCN(C(=O)C2CCN(C(=O)c3ccc(C(F)(F)F)cc3)CC2)CC1. The van der Waals surface area contributed by atoms with Crippen LogP contribution in [0.15, 0.2) is 54.6 Å². The van der Waals surface area contributed by atoms with Crippen LogP contribution in [0.1, 0.15) is 41.6 Å². The molecule has 3 amide bonds. The predicted octanol–water partition coefficient (Wildman–Crippen LogP) is 4.43. The Bertz CT molecular complexity index is 1040. The van der Waals surface area contributed by atoms with E-state index < -0.39 is 11.7 Å². The molecule has 2 aliphatic rings. The van der Waals surface area contributed by atoms with Crippen molar-refractivity contribution >= 4 is 23.4 Å². The van der Waals surface area contributed by atoms with Gasteiger partial charge in [0.2, 0.25) is 11.8 Å². The van der Waals surface area contributed by atoms with Gasteiger partial charge in [0.15, 0.2) is 0 Å². The maximum atomic E-state index is 13.0. The molecular formula is C26H28F3N3O3. The van der Waals surface area contributed by atoms with Crippen LogP contribution in [0.25, 0.3) is 0 Å². The van der Waals surface area contributed by atoms with Crippen LogP contribution >= 0.6 is 0 Å². The summed E-state index contributed by atoms with van der Waals surface area (Å²) in [7, 11) is 0. The van der Waals surface area contributed by atoms with Crippen molar-refractivity contribution in [1.29, 1.82) is 0 Å². The van der Waals surface area contributed by atoms with Crippen LogP contribution in [0.5, 0.6) is 0 Å². The Hall–Kier alpha value is -3.36. The number of alkyl halides is 3. The molecule has 35 heavy (non-hydrogen) atoms. The first-order chi connectivity index (χ1) is 16.7. The minimum absolute atomic E-state index is 0.0293. The normalized spacial score (nSPS) is 17.8. The van der Waals surface area contributed by atoms with Crippen molar-refractivity contribution in [3.63, 3.8) is 0 Å². The Labute approximate surface area is 202 Å². The van der Waals surface area contributed by atoms with Gasteiger partial charge in [0.1, 0.15) is 0 Å². The number of hydrogen-bond acceptors (Lipinski definition) is 3. The van der Waals surface area contributed by atoms with Crippen LogP contribution in [0.2, 0.25) is 0 Å². The highest BCUT2D eigenvalue weighted by molar-refractivity contribution is 5.94. The van der Waals surface area contributed by atoms with E-state index in [2.05, 4.69) is 5.32 Å². The Morgan fingerprint density at radius 2 is 1.29 bits per heavy atom. The van der Waals surface area contributed by atoms with E-state index in [1.54, 1.807) is 4.90 Å². The van der Waals surface area contributed by atoms with Gasteiger partial charge in [-0.1, -0.05) is 18.2 Å². The number of rotatable bonds is 4. The van der Waals surface area contributed by atoms with Crippen LogP contribution in [0, 0.1) is 11.8 Å². The molecule has 9 heteroatoms. The standard InChI is InChI=1S/C26H28F3N3O3/c27-26(28,29)21-8-6-19(7-9-21)24(34)32-16-12-20(13-17-32)25(35)31-14-10-18(11-15-31)23(33)30-22-4-2-1-3-5-22/h1-9,18,20H,10-17H2,(H,30,33). The molecule has 0 saturated carbocycles. The summed E-state index contributed by atoms with van der Waals surface area (Å²) < 4.78 is 38.2. The monoisotopic (exact) mass is 487 g/mol. The number of anilines is 1. The van der Waals surface area contributed by atoms with E-state index in [1.807, 2.05) is 35.2 Å². The summed E-state index contributed by atoms with van der Waals surface area (Å²) in [6.07, 6.45) is -2.20. The van der Waals surface area contributed by atoms with Gasteiger partial charge in [0, 0.05) is 49.3 Å². The third-order valence-corrected chi connectivity index (χ3v) is 6.81.